The van der Waals surface area contributed by atoms with E-state index in [2.05, 4.69) is 0 Å². The lowest BCUT2D eigenvalue weighted by Crippen LogP contribution is -2.13. The number of hydrogen-bond acceptors (Lipinski definition) is 4. The summed E-state index contributed by atoms with van der Waals surface area (Å²) in [7, 11) is -0.367. The molecular weight excluding hydrogens is 191 g/mol. The molecule has 0 aliphatic carbocycles. The van der Waals surface area contributed by atoms with E-state index in [-0.39, 0.29) is 6.16 Å². The van der Waals surface area contributed by atoms with Gasteiger partial charge in [-0.3, -0.25) is 4.57 Å². The minimum atomic E-state index is -3.03. The predicted octanol–water partition coefficient (Wildman–Crippen LogP) is 2.02. The highest BCUT2D eigenvalue weighted by Crippen LogP contribution is 2.47. The molecule has 0 rings (SSSR count). The summed E-state index contributed by atoms with van der Waals surface area (Å²) >= 11 is 0. The van der Waals surface area contributed by atoms with Crippen LogP contribution in [0.2, 0.25) is 0 Å². The second kappa shape index (κ2) is 6.55. The second-order valence-electron chi connectivity index (χ2n) is 2.95. The Morgan fingerprint density at radius 1 is 1.38 bits per heavy atom. The van der Waals surface area contributed by atoms with E-state index >= 15 is 0 Å². The Bertz CT molecular complexity index is 164. The molecule has 0 aliphatic heterocycles. The summed E-state index contributed by atoms with van der Waals surface area (Å²) in [5.74, 6) is 0. The van der Waals surface area contributed by atoms with Crippen LogP contribution in [0.25, 0.3) is 0 Å². The lowest BCUT2D eigenvalue weighted by Gasteiger charge is -2.17. The van der Waals surface area contributed by atoms with E-state index in [1.54, 1.807) is 0 Å². The van der Waals surface area contributed by atoms with Gasteiger partial charge in [0.1, 0.15) is 0 Å². The van der Waals surface area contributed by atoms with Crippen molar-refractivity contribution in [3.05, 3.63) is 0 Å². The molecular formula is C8H19O4P. The summed E-state index contributed by atoms with van der Waals surface area (Å²) in [6.07, 6.45) is 2.08. The maximum atomic E-state index is 11.5. The van der Waals surface area contributed by atoms with Gasteiger partial charge in [-0.25, -0.2) is 0 Å². The molecule has 0 aromatic carbocycles. The molecule has 0 radical (unpaired) electrons. The quantitative estimate of drug-likeness (QED) is 0.653. The van der Waals surface area contributed by atoms with E-state index in [0.717, 1.165) is 12.8 Å². The van der Waals surface area contributed by atoms with E-state index in [4.69, 9.17) is 9.05 Å². The van der Waals surface area contributed by atoms with E-state index < -0.39 is 13.7 Å². The third kappa shape index (κ3) is 5.42. The van der Waals surface area contributed by atoms with Crippen LogP contribution in [0.3, 0.4) is 0 Å². The first-order valence-corrected chi connectivity index (χ1v) is 6.19. The molecule has 1 atom stereocenters. The molecule has 5 heteroatoms. The highest BCUT2D eigenvalue weighted by molar-refractivity contribution is 7.53. The van der Waals surface area contributed by atoms with Crippen molar-refractivity contribution in [1.29, 1.82) is 0 Å². The van der Waals surface area contributed by atoms with Crippen LogP contribution >= 0.6 is 7.60 Å². The van der Waals surface area contributed by atoms with Crippen molar-refractivity contribution in [2.75, 3.05) is 20.4 Å². The van der Waals surface area contributed by atoms with Crippen LogP contribution in [-0.2, 0) is 13.6 Å². The van der Waals surface area contributed by atoms with Crippen LogP contribution < -0.4 is 0 Å². The SMILES string of the molecule is CCCCC(O)CP(=O)(OC)OC. The van der Waals surface area contributed by atoms with Gasteiger partial charge < -0.3 is 14.2 Å². The molecule has 4 nitrogen and oxygen atoms in total. The smallest absolute Gasteiger partial charge is 0.332 e. The average molecular weight is 210 g/mol. The van der Waals surface area contributed by atoms with Crippen molar-refractivity contribution in [2.24, 2.45) is 0 Å². The van der Waals surface area contributed by atoms with Crippen molar-refractivity contribution >= 4 is 7.60 Å². The van der Waals surface area contributed by atoms with Gasteiger partial charge in [0.2, 0.25) is 0 Å². The molecule has 0 aromatic heterocycles. The highest BCUT2D eigenvalue weighted by atomic mass is 31.2. The van der Waals surface area contributed by atoms with Crippen molar-refractivity contribution in [3.63, 3.8) is 0 Å². The Labute approximate surface area is 79.8 Å². The largest absolute Gasteiger partial charge is 0.392 e. The van der Waals surface area contributed by atoms with Gasteiger partial charge >= 0.3 is 7.60 Å². The molecule has 0 fully saturated rings. The van der Waals surface area contributed by atoms with Gasteiger partial charge in [-0.1, -0.05) is 19.8 Å². The van der Waals surface area contributed by atoms with Gasteiger partial charge in [0, 0.05) is 14.2 Å². The fourth-order valence-corrected chi connectivity index (χ4v) is 2.16. The molecule has 0 amide bonds. The van der Waals surface area contributed by atoms with Crippen LogP contribution in [0.15, 0.2) is 0 Å². The number of aliphatic hydroxyl groups is 1. The Morgan fingerprint density at radius 2 is 1.92 bits per heavy atom. The van der Waals surface area contributed by atoms with E-state index in [9.17, 15) is 9.67 Å². The van der Waals surface area contributed by atoms with Crippen molar-refractivity contribution in [1.82, 2.24) is 0 Å². The third-order valence-electron chi connectivity index (χ3n) is 1.88. The third-order valence-corrected chi connectivity index (χ3v) is 3.86. The average Bonchev–Trinajstić information content (AvgIpc) is 2.14. The summed E-state index contributed by atoms with van der Waals surface area (Å²) in [5.41, 5.74) is 0. The van der Waals surface area contributed by atoms with Crippen LogP contribution in [0.4, 0.5) is 0 Å². The Hall–Kier alpha value is 0.110. The monoisotopic (exact) mass is 210 g/mol. The Balaban J connectivity index is 3.87. The molecule has 1 N–H and O–H groups in total. The zero-order valence-electron chi connectivity index (χ0n) is 8.52. The topological polar surface area (TPSA) is 55.8 Å². The molecule has 0 saturated heterocycles. The highest BCUT2D eigenvalue weighted by Gasteiger charge is 2.24. The molecule has 80 valence electrons. The number of unbranched alkanes of at least 4 members (excludes halogenated alkanes) is 1. The van der Waals surface area contributed by atoms with Gasteiger partial charge in [0.15, 0.2) is 0 Å². The first kappa shape index (κ1) is 13.1. The van der Waals surface area contributed by atoms with Gasteiger partial charge in [0.05, 0.1) is 12.3 Å². The summed E-state index contributed by atoms with van der Waals surface area (Å²) in [6.45, 7) is 2.04. The molecule has 0 saturated carbocycles. The lowest BCUT2D eigenvalue weighted by atomic mass is 10.2. The molecule has 0 aromatic rings. The molecule has 0 aliphatic rings. The molecule has 1 unspecified atom stereocenters. The van der Waals surface area contributed by atoms with Gasteiger partial charge in [0.25, 0.3) is 0 Å². The molecule has 0 heterocycles. The number of rotatable bonds is 7. The van der Waals surface area contributed by atoms with Crippen LogP contribution in [-0.4, -0.2) is 31.6 Å². The van der Waals surface area contributed by atoms with Crippen LogP contribution in [0.1, 0.15) is 26.2 Å². The summed E-state index contributed by atoms with van der Waals surface area (Å²) in [6, 6.07) is 0. The van der Waals surface area contributed by atoms with E-state index in [1.807, 2.05) is 6.92 Å². The van der Waals surface area contributed by atoms with Gasteiger partial charge in [-0.15, -0.1) is 0 Å². The summed E-state index contributed by atoms with van der Waals surface area (Å²) < 4.78 is 20.9. The first-order chi connectivity index (χ1) is 6.08. The van der Waals surface area contributed by atoms with Crippen LogP contribution in [0.5, 0.6) is 0 Å². The summed E-state index contributed by atoms with van der Waals surface area (Å²) in [5, 5.41) is 9.45. The summed E-state index contributed by atoms with van der Waals surface area (Å²) in [4.78, 5) is 0. The van der Waals surface area contributed by atoms with Crippen LogP contribution in [0, 0.1) is 0 Å². The van der Waals surface area contributed by atoms with Gasteiger partial charge in [-0.05, 0) is 6.42 Å². The normalized spacial score (nSPS) is 14.5. The molecule has 0 bridgehead atoms. The van der Waals surface area contributed by atoms with Crippen molar-refractivity contribution < 1.29 is 18.7 Å². The number of hydrogen-bond donors (Lipinski definition) is 1. The van der Waals surface area contributed by atoms with E-state index in [1.165, 1.54) is 14.2 Å². The molecule has 13 heavy (non-hydrogen) atoms. The first-order valence-electron chi connectivity index (χ1n) is 4.46. The predicted molar refractivity (Wildman–Crippen MR) is 52.0 cm³/mol. The second-order valence-corrected chi connectivity index (χ2v) is 5.27. The van der Waals surface area contributed by atoms with E-state index in [0.29, 0.717) is 6.42 Å². The molecule has 0 spiro atoms. The Morgan fingerprint density at radius 3 is 2.31 bits per heavy atom. The van der Waals surface area contributed by atoms with Crippen molar-refractivity contribution in [3.8, 4) is 0 Å². The maximum absolute atomic E-state index is 11.5. The number of aliphatic hydroxyl groups excluding tert-OH is 1. The van der Waals surface area contributed by atoms with Crippen molar-refractivity contribution in [2.45, 2.75) is 32.3 Å². The zero-order chi connectivity index (χ0) is 10.3. The minimum Gasteiger partial charge on any atom is -0.392 e. The fourth-order valence-electron chi connectivity index (χ4n) is 1.01. The van der Waals surface area contributed by atoms with Gasteiger partial charge in [-0.2, -0.15) is 0 Å². The lowest BCUT2D eigenvalue weighted by molar-refractivity contribution is 0.169. The zero-order valence-corrected chi connectivity index (χ0v) is 9.42. The maximum Gasteiger partial charge on any atom is 0.332 e. The Kier molecular flexibility index (Phi) is 6.60. The standard InChI is InChI=1S/C8H19O4P/c1-4-5-6-8(9)7-13(10,11-2)12-3/h8-9H,4-7H2,1-3H3. The fraction of sp³-hybridized carbons (Fsp3) is 1.00. The minimum absolute atomic E-state index is 0.0833.